The Hall–Kier alpha value is -3.18. The molecule has 0 atom stereocenters. The number of hydrogen-bond donors (Lipinski definition) is 4. The number of nitrogens with one attached hydrogen (secondary N) is 2. The molecule has 0 aliphatic heterocycles. The maximum Gasteiger partial charge on any atom is 0.360 e. The Labute approximate surface area is 155 Å². The molecule has 2 rings (SSSR count). The predicted octanol–water partition coefficient (Wildman–Crippen LogP) is 1.51. The van der Waals surface area contributed by atoms with Crippen molar-refractivity contribution in [2.75, 3.05) is 17.2 Å². The van der Waals surface area contributed by atoms with Crippen LogP contribution in [0.25, 0.3) is 0 Å². The van der Waals surface area contributed by atoms with E-state index in [1.54, 1.807) is 0 Å². The number of carboxylic acid groups (broad SMARTS) is 1. The average Bonchev–Trinajstić information content (AvgIpc) is 3.04. The number of aromatic nitrogens is 1. The molecule has 0 aliphatic carbocycles. The first-order valence-corrected chi connectivity index (χ1v) is 8.04. The molecule has 26 heavy (non-hydrogen) atoms. The number of aliphatic carboxylic acids is 1. The molecule has 4 N–H and O–H groups in total. The number of halogens is 1. The number of phenolic OH excluding ortho intramolecular Hbond substituents is 1. The Kier molecular flexibility index (Phi) is 6.47. The van der Waals surface area contributed by atoms with Crippen molar-refractivity contribution in [2.45, 2.75) is 0 Å². The number of carboxylic acids is 1. The molecule has 0 spiro atoms. The highest BCUT2D eigenvalue weighted by Gasteiger charge is 2.18. The summed E-state index contributed by atoms with van der Waals surface area (Å²) in [5.74, 6) is -2.44. The minimum Gasteiger partial charge on any atom is -0.504 e. The lowest BCUT2D eigenvalue weighted by Gasteiger charge is -2.07. The van der Waals surface area contributed by atoms with Crippen LogP contribution < -0.4 is 10.6 Å². The van der Waals surface area contributed by atoms with E-state index < -0.39 is 24.2 Å². The fourth-order valence-corrected chi connectivity index (χ4v) is 2.48. The Morgan fingerprint density at radius 2 is 2.19 bits per heavy atom. The van der Waals surface area contributed by atoms with Crippen molar-refractivity contribution in [2.24, 2.45) is 5.16 Å². The molecule has 1 heterocycles. The number of carbonyl (C=O) groups excluding carboxylic acids is 2. The van der Waals surface area contributed by atoms with Crippen molar-refractivity contribution in [1.29, 1.82) is 0 Å². The van der Waals surface area contributed by atoms with Crippen LogP contribution in [0, 0.1) is 0 Å². The molecule has 0 unspecified atom stereocenters. The molecule has 2 aromatic rings. The molecule has 0 fully saturated rings. The van der Waals surface area contributed by atoms with Gasteiger partial charge in [-0.05, 0) is 12.1 Å². The van der Waals surface area contributed by atoms with Crippen LogP contribution in [0.4, 0.5) is 10.8 Å². The van der Waals surface area contributed by atoms with Crippen LogP contribution in [0.15, 0.2) is 28.7 Å². The van der Waals surface area contributed by atoms with E-state index in [4.69, 9.17) is 21.5 Å². The number of carbonyl (C=O) groups is 3. The number of oxime groups is 1. The largest absolute Gasteiger partial charge is 0.504 e. The number of benzene rings is 1. The van der Waals surface area contributed by atoms with Crippen LogP contribution in [0.1, 0.15) is 5.69 Å². The van der Waals surface area contributed by atoms with E-state index in [1.807, 2.05) is 0 Å². The molecule has 10 nitrogen and oxygen atoms in total. The van der Waals surface area contributed by atoms with Crippen molar-refractivity contribution in [1.82, 2.24) is 4.98 Å². The highest BCUT2D eigenvalue weighted by Crippen LogP contribution is 2.30. The molecular weight excluding hydrogens is 388 g/mol. The highest BCUT2D eigenvalue weighted by atomic mass is 35.5. The quantitative estimate of drug-likeness (QED) is 0.228. The number of amides is 2. The molecule has 0 saturated heterocycles. The maximum absolute atomic E-state index is 11.8. The number of hydrogen-bond acceptors (Lipinski definition) is 8. The van der Waals surface area contributed by atoms with E-state index in [-0.39, 0.29) is 27.3 Å². The fraction of sp³-hybridized carbons (Fsp3) is 0.0714. The summed E-state index contributed by atoms with van der Waals surface area (Å²) in [6, 6.07) is 4.38. The molecule has 0 aliphatic rings. The summed E-state index contributed by atoms with van der Waals surface area (Å²) < 4.78 is 0. The Bertz CT molecular complexity index is 869. The Balaban J connectivity index is 2.01. The van der Waals surface area contributed by atoms with Crippen LogP contribution in [0.2, 0.25) is 5.02 Å². The molecule has 0 radical (unpaired) electrons. The second kappa shape index (κ2) is 8.78. The minimum atomic E-state index is -1.43. The van der Waals surface area contributed by atoms with Crippen LogP contribution in [0.5, 0.6) is 5.75 Å². The summed E-state index contributed by atoms with van der Waals surface area (Å²) in [6.07, 6.45) is 0.395. The molecule has 0 bridgehead atoms. The Morgan fingerprint density at radius 1 is 1.42 bits per heavy atom. The first kappa shape index (κ1) is 19.1. The zero-order chi connectivity index (χ0) is 19.1. The third kappa shape index (κ3) is 4.91. The van der Waals surface area contributed by atoms with Gasteiger partial charge in [0.2, 0.25) is 12.1 Å². The van der Waals surface area contributed by atoms with Gasteiger partial charge in [0.05, 0.1) is 10.7 Å². The number of phenols is 1. The molecule has 0 saturated carbocycles. The highest BCUT2D eigenvalue weighted by molar-refractivity contribution is 7.14. The van der Waals surface area contributed by atoms with Crippen molar-refractivity contribution in [3.05, 3.63) is 34.3 Å². The molecule has 1 aromatic carbocycles. The van der Waals surface area contributed by atoms with Crippen LogP contribution >= 0.6 is 22.9 Å². The zero-order valence-electron chi connectivity index (χ0n) is 12.8. The summed E-state index contributed by atoms with van der Waals surface area (Å²) in [4.78, 5) is 41.9. The van der Waals surface area contributed by atoms with Gasteiger partial charge in [-0.3, -0.25) is 9.59 Å². The van der Waals surface area contributed by atoms with E-state index >= 15 is 0 Å². The second-order valence-corrected chi connectivity index (χ2v) is 5.77. The smallest absolute Gasteiger partial charge is 0.360 e. The van der Waals surface area contributed by atoms with Gasteiger partial charge in [0, 0.05) is 5.38 Å². The van der Waals surface area contributed by atoms with Gasteiger partial charge in [-0.1, -0.05) is 22.8 Å². The summed E-state index contributed by atoms with van der Waals surface area (Å²) in [5, 5.41) is 28.4. The lowest BCUT2D eigenvalue weighted by atomic mass is 10.3. The first-order chi connectivity index (χ1) is 12.4. The van der Waals surface area contributed by atoms with Gasteiger partial charge in [0.1, 0.15) is 5.69 Å². The topological polar surface area (TPSA) is 150 Å². The van der Waals surface area contributed by atoms with Crippen molar-refractivity contribution >= 4 is 57.8 Å². The summed E-state index contributed by atoms with van der Waals surface area (Å²) in [7, 11) is 0. The number of thiazole rings is 1. The second-order valence-electron chi connectivity index (χ2n) is 4.50. The minimum absolute atomic E-state index is 0.0419. The average molecular weight is 399 g/mol. The maximum atomic E-state index is 11.8. The van der Waals surface area contributed by atoms with Gasteiger partial charge in [0.25, 0.3) is 5.91 Å². The molecular formula is C14H11ClN4O6S. The van der Waals surface area contributed by atoms with Gasteiger partial charge in [0.15, 0.2) is 17.5 Å². The van der Waals surface area contributed by atoms with Gasteiger partial charge in [-0.15, -0.1) is 11.3 Å². The van der Waals surface area contributed by atoms with E-state index in [0.29, 0.717) is 6.41 Å². The monoisotopic (exact) mass is 398 g/mol. The van der Waals surface area contributed by atoms with Crippen molar-refractivity contribution < 1.29 is 29.4 Å². The van der Waals surface area contributed by atoms with Crippen molar-refractivity contribution in [3.8, 4) is 5.75 Å². The van der Waals surface area contributed by atoms with E-state index in [2.05, 4.69) is 20.8 Å². The van der Waals surface area contributed by atoms with E-state index in [9.17, 15) is 19.5 Å². The number of anilines is 2. The third-order valence-electron chi connectivity index (χ3n) is 2.74. The molecule has 12 heteroatoms. The van der Waals surface area contributed by atoms with Gasteiger partial charge < -0.3 is 25.7 Å². The summed E-state index contributed by atoms with van der Waals surface area (Å²) in [5.41, 5.74) is -0.518. The van der Waals surface area contributed by atoms with E-state index in [0.717, 1.165) is 11.3 Å². The summed E-state index contributed by atoms with van der Waals surface area (Å²) >= 11 is 6.71. The number of rotatable bonds is 8. The van der Waals surface area contributed by atoms with Crippen LogP contribution in [0.3, 0.4) is 0 Å². The normalized spacial score (nSPS) is 10.9. The van der Waals surface area contributed by atoms with E-state index in [1.165, 1.54) is 23.6 Å². The number of nitrogens with zero attached hydrogens (tertiary/aromatic N) is 2. The predicted molar refractivity (Wildman–Crippen MR) is 93.7 cm³/mol. The van der Waals surface area contributed by atoms with Crippen molar-refractivity contribution in [3.63, 3.8) is 0 Å². The van der Waals surface area contributed by atoms with Gasteiger partial charge in [-0.2, -0.15) is 0 Å². The van der Waals surface area contributed by atoms with Crippen LogP contribution in [-0.2, 0) is 19.2 Å². The first-order valence-electron chi connectivity index (χ1n) is 6.79. The standard InChI is InChI=1S/C14H11ClN4O6S/c15-7-2-1-3-8(12(7)22)17-10(21)4-25-19-11(13(23)24)9-5-26-14(18-9)16-6-20/h1-3,5-6,22H,4H2,(H,17,21)(H,23,24)(H,16,18,20). The number of aromatic hydroxyl groups is 1. The summed E-state index contributed by atoms with van der Waals surface area (Å²) in [6.45, 7) is -0.619. The van der Waals surface area contributed by atoms with Gasteiger partial charge in [-0.25, -0.2) is 9.78 Å². The Morgan fingerprint density at radius 3 is 2.88 bits per heavy atom. The SMILES string of the molecule is O=CNc1nc(C(=NOCC(=O)Nc2cccc(Cl)c2O)C(=O)O)cs1. The van der Waals surface area contributed by atoms with Crippen LogP contribution in [-0.4, -0.2) is 45.8 Å². The fourth-order valence-electron chi connectivity index (χ4n) is 1.65. The number of para-hydroxylation sites is 1. The molecule has 136 valence electrons. The molecule has 1 aromatic heterocycles. The van der Waals surface area contributed by atoms with Gasteiger partial charge >= 0.3 is 5.97 Å². The lowest BCUT2D eigenvalue weighted by molar-refractivity contribution is -0.130. The molecule has 2 amide bonds. The zero-order valence-corrected chi connectivity index (χ0v) is 14.4. The lowest BCUT2D eigenvalue weighted by Crippen LogP contribution is -2.20. The third-order valence-corrected chi connectivity index (χ3v) is 3.82.